The van der Waals surface area contributed by atoms with E-state index in [0.717, 1.165) is 42.6 Å². The quantitative estimate of drug-likeness (QED) is 0.292. The number of nitrogens with one attached hydrogen (secondary N) is 2. The maximum atomic E-state index is 12.7. The van der Waals surface area contributed by atoms with Crippen LogP contribution >= 0.6 is 35.3 Å². The first-order valence-electron chi connectivity index (χ1n) is 9.86. The Bertz CT molecular complexity index is 820. The number of benzene rings is 1. The Morgan fingerprint density at radius 3 is 2.87 bits per heavy atom. The molecule has 3 rings (SSSR count). The zero-order valence-electron chi connectivity index (χ0n) is 17.1. The van der Waals surface area contributed by atoms with Gasteiger partial charge in [0.25, 0.3) is 0 Å². The summed E-state index contributed by atoms with van der Waals surface area (Å²) in [4.78, 5) is 11.3. The second-order valence-electron chi connectivity index (χ2n) is 6.70. The summed E-state index contributed by atoms with van der Waals surface area (Å²) >= 11 is 1.66. The molecule has 1 aromatic carbocycles. The number of ether oxygens (including phenoxy) is 1. The molecule has 166 valence electrons. The van der Waals surface area contributed by atoms with Gasteiger partial charge in [0.05, 0.1) is 22.9 Å². The summed E-state index contributed by atoms with van der Waals surface area (Å²) in [5.41, 5.74) is 1.66. The van der Waals surface area contributed by atoms with Gasteiger partial charge in [-0.25, -0.2) is 9.98 Å². The van der Waals surface area contributed by atoms with E-state index in [-0.39, 0.29) is 35.8 Å². The normalized spacial score (nSPS) is 16.5. The molecule has 0 aliphatic carbocycles. The minimum absolute atomic E-state index is 0. The van der Waals surface area contributed by atoms with Crippen LogP contribution in [0.4, 0.5) is 14.5 Å². The highest BCUT2D eigenvalue weighted by Crippen LogP contribution is 2.31. The Hall–Kier alpha value is -1.69. The van der Waals surface area contributed by atoms with Crippen molar-refractivity contribution in [2.24, 2.45) is 4.99 Å². The number of alkyl halides is 2. The number of aliphatic imine (C=N–C) groups is 1. The predicted octanol–water partition coefficient (Wildman–Crippen LogP) is 4.26. The van der Waals surface area contributed by atoms with Crippen molar-refractivity contribution in [1.82, 2.24) is 15.6 Å². The number of guanidine groups is 1. The van der Waals surface area contributed by atoms with E-state index in [4.69, 9.17) is 0 Å². The maximum Gasteiger partial charge on any atom is 0.387 e. The van der Waals surface area contributed by atoms with Gasteiger partial charge in [0.2, 0.25) is 0 Å². The van der Waals surface area contributed by atoms with Gasteiger partial charge in [0.15, 0.2) is 5.96 Å². The van der Waals surface area contributed by atoms with E-state index < -0.39 is 6.61 Å². The van der Waals surface area contributed by atoms with E-state index >= 15 is 0 Å². The van der Waals surface area contributed by atoms with Crippen molar-refractivity contribution < 1.29 is 13.5 Å². The number of rotatable bonds is 8. The lowest BCUT2D eigenvalue weighted by Crippen LogP contribution is -2.44. The number of nitrogens with zero attached hydrogens (tertiary/aromatic N) is 3. The van der Waals surface area contributed by atoms with E-state index in [0.29, 0.717) is 18.8 Å². The van der Waals surface area contributed by atoms with Crippen LogP contribution in [0.2, 0.25) is 0 Å². The largest absolute Gasteiger partial charge is 0.433 e. The SMILES string of the molecule is CCNC(=NCc1csc(CC)n1)NC1CCN(c2ccccc2OC(F)F)C1.I. The van der Waals surface area contributed by atoms with E-state index in [2.05, 4.69) is 37.2 Å². The number of hydrogen-bond acceptors (Lipinski definition) is 5. The van der Waals surface area contributed by atoms with E-state index in [1.165, 1.54) is 0 Å². The molecule has 1 aliphatic heterocycles. The maximum absolute atomic E-state index is 12.7. The number of anilines is 1. The van der Waals surface area contributed by atoms with Gasteiger partial charge in [-0.1, -0.05) is 19.1 Å². The van der Waals surface area contributed by atoms with Crippen molar-refractivity contribution in [1.29, 1.82) is 0 Å². The highest BCUT2D eigenvalue weighted by molar-refractivity contribution is 14.0. The number of hydrogen-bond donors (Lipinski definition) is 2. The molecule has 0 spiro atoms. The first-order chi connectivity index (χ1) is 14.1. The third kappa shape index (κ3) is 6.93. The molecule has 1 unspecified atom stereocenters. The molecule has 2 N–H and O–H groups in total. The Morgan fingerprint density at radius 2 is 2.17 bits per heavy atom. The molecule has 0 amide bonds. The Morgan fingerprint density at radius 1 is 1.37 bits per heavy atom. The Balaban J connectivity index is 0.00000320. The molecule has 30 heavy (non-hydrogen) atoms. The summed E-state index contributed by atoms with van der Waals surface area (Å²) in [5.74, 6) is 0.946. The molecule has 1 aromatic heterocycles. The molecule has 10 heteroatoms. The molecule has 1 fully saturated rings. The van der Waals surface area contributed by atoms with Crippen LogP contribution in [-0.4, -0.2) is 43.2 Å². The Kier molecular flexibility index (Phi) is 10.0. The average molecular weight is 551 g/mol. The van der Waals surface area contributed by atoms with Gasteiger partial charge >= 0.3 is 6.61 Å². The molecule has 1 saturated heterocycles. The van der Waals surface area contributed by atoms with Crippen LogP contribution in [0.1, 0.15) is 31.0 Å². The van der Waals surface area contributed by atoms with Crippen molar-refractivity contribution in [3.8, 4) is 5.75 Å². The minimum atomic E-state index is -2.83. The number of aryl methyl sites for hydroxylation is 1. The average Bonchev–Trinajstić information content (AvgIpc) is 3.35. The second kappa shape index (κ2) is 12.2. The molecule has 0 saturated carbocycles. The molecule has 6 nitrogen and oxygen atoms in total. The first-order valence-corrected chi connectivity index (χ1v) is 10.7. The summed E-state index contributed by atoms with van der Waals surface area (Å²) in [6, 6.07) is 7.08. The first kappa shape index (κ1) is 24.6. The number of aromatic nitrogens is 1. The van der Waals surface area contributed by atoms with Crippen molar-refractivity contribution in [2.75, 3.05) is 24.5 Å². The van der Waals surface area contributed by atoms with Crippen LogP contribution in [0, 0.1) is 0 Å². The second-order valence-corrected chi connectivity index (χ2v) is 7.65. The van der Waals surface area contributed by atoms with E-state index in [9.17, 15) is 8.78 Å². The summed E-state index contributed by atoms with van der Waals surface area (Å²) in [7, 11) is 0. The predicted molar refractivity (Wildman–Crippen MR) is 129 cm³/mol. The van der Waals surface area contributed by atoms with Crippen molar-refractivity contribution in [2.45, 2.75) is 45.9 Å². The molecule has 0 bridgehead atoms. The highest BCUT2D eigenvalue weighted by Gasteiger charge is 2.26. The highest BCUT2D eigenvalue weighted by atomic mass is 127. The van der Waals surface area contributed by atoms with Gasteiger partial charge in [-0.3, -0.25) is 0 Å². The van der Waals surface area contributed by atoms with Crippen molar-refractivity contribution >= 4 is 47.0 Å². The van der Waals surface area contributed by atoms with Crippen LogP contribution in [0.15, 0.2) is 34.6 Å². The van der Waals surface area contributed by atoms with Crippen LogP contribution in [-0.2, 0) is 13.0 Å². The van der Waals surface area contributed by atoms with Gasteiger partial charge in [0, 0.05) is 31.1 Å². The molecule has 2 heterocycles. The summed E-state index contributed by atoms with van der Waals surface area (Å²) in [6.07, 6.45) is 1.81. The molecular weight excluding hydrogens is 523 g/mol. The third-order valence-corrected chi connectivity index (χ3v) is 5.64. The van der Waals surface area contributed by atoms with E-state index in [1.807, 2.05) is 24.4 Å². The fourth-order valence-corrected chi connectivity index (χ4v) is 4.00. The zero-order chi connectivity index (χ0) is 20.6. The van der Waals surface area contributed by atoms with Gasteiger partial charge in [0.1, 0.15) is 5.75 Å². The van der Waals surface area contributed by atoms with Crippen molar-refractivity contribution in [3.63, 3.8) is 0 Å². The van der Waals surface area contributed by atoms with Gasteiger partial charge in [-0.05, 0) is 31.9 Å². The summed E-state index contributed by atoms with van der Waals surface area (Å²) in [6.45, 7) is 4.00. The van der Waals surface area contributed by atoms with Gasteiger partial charge in [-0.15, -0.1) is 35.3 Å². The molecule has 0 radical (unpaired) electrons. The topological polar surface area (TPSA) is 61.8 Å². The number of para-hydroxylation sites is 2. The number of halogens is 3. The van der Waals surface area contributed by atoms with Crippen molar-refractivity contribution in [3.05, 3.63) is 40.3 Å². The standard InChI is InChI=1S/C20H27F2N5OS.HI/c1-3-18-25-15(13-29-18)11-24-20(23-4-2)26-14-9-10-27(12-14)16-7-5-6-8-17(16)28-19(21)22;/h5-8,13-14,19H,3-4,9-12H2,1-2H3,(H2,23,24,26);1H. The van der Waals surface area contributed by atoms with Crippen LogP contribution in [0.25, 0.3) is 0 Å². The molecule has 2 aromatic rings. The monoisotopic (exact) mass is 551 g/mol. The smallest absolute Gasteiger partial charge is 0.387 e. The summed E-state index contributed by atoms with van der Waals surface area (Å²) < 4.78 is 30.1. The fourth-order valence-electron chi connectivity index (χ4n) is 3.27. The lowest BCUT2D eigenvalue weighted by atomic mass is 10.2. The lowest BCUT2D eigenvalue weighted by Gasteiger charge is -2.22. The van der Waals surface area contributed by atoms with Crippen LogP contribution in [0.3, 0.4) is 0 Å². The molecule has 1 aliphatic rings. The van der Waals surface area contributed by atoms with E-state index in [1.54, 1.807) is 23.5 Å². The van der Waals surface area contributed by atoms with Crippen LogP contribution in [0.5, 0.6) is 5.75 Å². The zero-order valence-corrected chi connectivity index (χ0v) is 20.3. The molecular formula is C20H28F2IN5OS. The Labute approximate surface area is 197 Å². The van der Waals surface area contributed by atoms with Gasteiger partial charge in [-0.2, -0.15) is 8.78 Å². The molecule has 1 atom stereocenters. The summed E-state index contributed by atoms with van der Waals surface area (Å²) in [5, 5.41) is 9.88. The number of thiazole rings is 1. The van der Waals surface area contributed by atoms with Gasteiger partial charge < -0.3 is 20.3 Å². The lowest BCUT2D eigenvalue weighted by molar-refractivity contribution is -0.0495. The third-order valence-electron chi connectivity index (χ3n) is 4.60. The van der Waals surface area contributed by atoms with Crippen LogP contribution < -0.4 is 20.3 Å². The minimum Gasteiger partial charge on any atom is -0.433 e. The fraction of sp³-hybridized carbons (Fsp3) is 0.500.